The molecule has 1 nitrogen and oxygen atoms in total. The average Bonchev–Trinajstić information content (AvgIpc) is 2.89. The highest BCUT2D eigenvalue weighted by atomic mass is 35.5. The third-order valence-electron chi connectivity index (χ3n) is 3.56. The van der Waals surface area contributed by atoms with Crippen molar-refractivity contribution in [3.63, 3.8) is 0 Å². The van der Waals surface area contributed by atoms with Crippen LogP contribution in [0.25, 0.3) is 0 Å². The Kier molecular flexibility index (Phi) is 3.42. The SMILES string of the molecule is O=C(c1cc(Cl)ccc1F)C1CCCc2sccc21. The number of Topliss-reactive ketones (excluding diaryl/α,β-unsaturated/α-hetero) is 1. The van der Waals surface area contributed by atoms with Gasteiger partial charge in [0.15, 0.2) is 5.78 Å². The van der Waals surface area contributed by atoms with Crippen LogP contribution in [0.5, 0.6) is 0 Å². The van der Waals surface area contributed by atoms with Crippen LogP contribution in [0.2, 0.25) is 5.02 Å². The van der Waals surface area contributed by atoms with Gasteiger partial charge in [-0.15, -0.1) is 11.3 Å². The Hall–Kier alpha value is -1.19. The number of hydrogen-bond acceptors (Lipinski definition) is 2. The number of aryl methyl sites for hydroxylation is 1. The summed E-state index contributed by atoms with van der Waals surface area (Å²) in [6.07, 6.45) is 2.79. The summed E-state index contributed by atoms with van der Waals surface area (Å²) in [6, 6.07) is 6.14. The number of thiophene rings is 1. The molecule has 0 saturated carbocycles. The van der Waals surface area contributed by atoms with Crippen molar-refractivity contribution in [3.05, 3.63) is 56.5 Å². The van der Waals surface area contributed by atoms with E-state index in [9.17, 15) is 9.18 Å². The van der Waals surface area contributed by atoms with Crippen molar-refractivity contribution in [2.45, 2.75) is 25.2 Å². The van der Waals surface area contributed by atoms with Crippen LogP contribution < -0.4 is 0 Å². The van der Waals surface area contributed by atoms with E-state index < -0.39 is 5.82 Å². The number of benzene rings is 1. The van der Waals surface area contributed by atoms with Gasteiger partial charge in [0.1, 0.15) is 5.82 Å². The molecule has 0 saturated heterocycles. The van der Waals surface area contributed by atoms with E-state index in [0.29, 0.717) is 5.02 Å². The lowest BCUT2D eigenvalue weighted by Gasteiger charge is -2.21. The van der Waals surface area contributed by atoms with Gasteiger partial charge in [-0.2, -0.15) is 0 Å². The zero-order valence-electron chi connectivity index (χ0n) is 10.2. The first-order valence-corrected chi connectivity index (χ1v) is 7.48. The van der Waals surface area contributed by atoms with Crippen molar-refractivity contribution >= 4 is 28.7 Å². The van der Waals surface area contributed by atoms with Crippen molar-refractivity contribution < 1.29 is 9.18 Å². The topological polar surface area (TPSA) is 17.1 Å². The molecule has 1 aliphatic carbocycles. The number of ketones is 1. The van der Waals surface area contributed by atoms with Crippen molar-refractivity contribution in [3.8, 4) is 0 Å². The second-order valence-corrected chi connectivity index (χ2v) is 6.17. The highest BCUT2D eigenvalue weighted by Crippen LogP contribution is 2.37. The minimum atomic E-state index is -0.489. The predicted octanol–water partition coefficient (Wildman–Crippen LogP) is 4.84. The smallest absolute Gasteiger partial charge is 0.173 e. The van der Waals surface area contributed by atoms with Gasteiger partial charge in [0.05, 0.1) is 5.56 Å². The second-order valence-electron chi connectivity index (χ2n) is 4.73. The summed E-state index contributed by atoms with van der Waals surface area (Å²) in [5.74, 6) is -0.862. The van der Waals surface area contributed by atoms with Crippen molar-refractivity contribution in [1.29, 1.82) is 0 Å². The third kappa shape index (κ3) is 2.33. The van der Waals surface area contributed by atoms with Gasteiger partial charge in [0, 0.05) is 15.8 Å². The molecule has 1 unspecified atom stereocenters. The maximum absolute atomic E-state index is 13.8. The molecule has 0 spiro atoms. The molecule has 1 atom stereocenters. The molecule has 4 heteroatoms. The minimum absolute atomic E-state index is 0.108. The zero-order chi connectivity index (χ0) is 13.4. The summed E-state index contributed by atoms with van der Waals surface area (Å²) in [4.78, 5) is 13.8. The van der Waals surface area contributed by atoms with Crippen LogP contribution >= 0.6 is 22.9 Å². The predicted molar refractivity (Wildman–Crippen MR) is 75.7 cm³/mol. The Morgan fingerprint density at radius 1 is 1.37 bits per heavy atom. The summed E-state index contributed by atoms with van der Waals surface area (Å²) >= 11 is 7.54. The number of hydrogen-bond donors (Lipinski definition) is 0. The fourth-order valence-electron chi connectivity index (χ4n) is 2.63. The third-order valence-corrected chi connectivity index (χ3v) is 4.79. The first kappa shape index (κ1) is 12.8. The van der Waals surface area contributed by atoms with E-state index in [1.54, 1.807) is 11.3 Å². The first-order chi connectivity index (χ1) is 9.16. The molecule has 0 radical (unpaired) electrons. The lowest BCUT2D eigenvalue weighted by atomic mass is 9.82. The Bertz CT molecular complexity index is 635. The Morgan fingerprint density at radius 3 is 3.05 bits per heavy atom. The molecule has 0 bridgehead atoms. The monoisotopic (exact) mass is 294 g/mol. The van der Waals surface area contributed by atoms with Crippen LogP contribution in [-0.4, -0.2) is 5.78 Å². The minimum Gasteiger partial charge on any atom is -0.293 e. The van der Waals surface area contributed by atoms with Crippen molar-refractivity contribution in [2.24, 2.45) is 0 Å². The summed E-state index contributed by atoms with van der Waals surface area (Å²) in [7, 11) is 0. The molecule has 0 aliphatic heterocycles. The summed E-state index contributed by atoms with van der Waals surface area (Å²) in [5.41, 5.74) is 1.18. The van der Waals surface area contributed by atoms with E-state index in [-0.39, 0.29) is 17.3 Å². The highest BCUT2D eigenvalue weighted by Gasteiger charge is 2.29. The maximum Gasteiger partial charge on any atom is 0.173 e. The van der Waals surface area contributed by atoms with Gasteiger partial charge in [-0.3, -0.25) is 4.79 Å². The van der Waals surface area contributed by atoms with Crippen LogP contribution in [0.3, 0.4) is 0 Å². The second kappa shape index (κ2) is 5.06. The number of carbonyl (C=O) groups excluding carboxylic acids is 1. The van der Waals surface area contributed by atoms with Gasteiger partial charge in [-0.25, -0.2) is 4.39 Å². The molecular formula is C15H12ClFOS. The molecule has 98 valence electrons. The van der Waals surface area contributed by atoms with Crippen LogP contribution in [0.4, 0.5) is 4.39 Å². The lowest BCUT2D eigenvalue weighted by molar-refractivity contribution is 0.0947. The summed E-state index contributed by atoms with van der Waals surface area (Å²) in [6.45, 7) is 0. The van der Waals surface area contributed by atoms with Gasteiger partial charge in [-0.1, -0.05) is 11.6 Å². The molecule has 3 rings (SSSR count). The van der Waals surface area contributed by atoms with E-state index in [4.69, 9.17) is 11.6 Å². The summed E-state index contributed by atoms with van der Waals surface area (Å²) in [5, 5.41) is 2.40. The number of fused-ring (bicyclic) bond motifs is 1. The fraction of sp³-hybridized carbons (Fsp3) is 0.267. The van der Waals surface area contributed by atoms with Crippen LogP contribution in [0, 0.1) is 5.82 Å². The molecule has 0 fully saturated rings. The van der Waals surface area contributed by atoms with E-state index >= 15 is 0 Å². The van der Waals surface area contributed by atoms with Gasteiger partial charge in [0.25, 0.3) is 0 Å². The van der Waals surface area contributed by atoms with Crippen LogP contribution in [-0.2, 0) is 6.42 Å². The first-order valence-electron chi connectivity index (χ1n) is 6.22. The van der Waals surface area contributed by atoms with Crippen molar-refractivity contribution in [1.82, 2.24) is 0 Å². The molecular weight excluding hydrogens is 283 g/mol. The van der Waals surface area contributed by atoms with Gasteiger partial charge >= 0.3 is 0 Å². The molecule has 19 heavy (non-hydrogen) atoms. The number of carbonyl (C=O) groups is 1. The van der Waals surface area contributed by atoms with E-state index in [0.717, 1.165) is 24.8 Å². The number of halogens is 2. The largest absolute Gasteiger partial charge is 0.293 e. The number of rotatable bonds is 2. The Morgan fingerprint density at radius 2 is 2.21 bits per heavy atom. The van der Waals surface area contributed by atoms with E-state index in [2.05, 4.69) is 0 Å². The Labute approximate surface area is 120 Å². The quantitative estimate of drug-likeness (QED) is 0.724. The molecule has 1 heterocycles. The van der Waals surface area contributed by atoms with Gasteiger partial charge < -0.3 is 0 Å². The molecule has 0 N–H and O–H groups in total. The lowest BCUT2D eigenvalue weighted by Crippen LogP contribution is -2.18. The zero-order valence-corrected chi connectivity index (χ0v) is 11.7. The van der Waals surface area contributed by atoms with Crippen LogP contribution in [0.15, 0.2) is 29.6 Å². The Balaban J connectivity index is 2.00. The molecule has 1 aromatic carbocycles. The molecule has 2 aromatic rings. The molecule has 1 aromatic heterocycles. The van der Waals surface area contributed by atoms with Gasteiger partial charge in [-0.05, 0) is 54.5 Å². The van der Waals surface area contributed by atoms with Crippen molar-refractivity contribution in [2.75, 3.05) is 0 Å². The summed E-state index contributed by atoms with van der Waals surface area (Å²) < 4.78 is 13.8. The normalized spacial score (nSPS) is 18.1. The van der Waals surface area contributed by atoms with E-state index in [1.165, 1.54) is 23.1 Å². The maximum atomic E-state index is 13.8. The standard InChI is InChI=1S/C15H12ClFOS/c16-9-4-5-13(17)12(8-9)15(18)11-2-1-3-14-10(11)6-7-19-14/h4-8,11H,1-3H2. The highest BCUT2D eigenvalue weighted by molar-refractivity contribution is 7.10. The van der Waals surface area contributed by atoms with Crippen LogP contribution in [0.1, 0.15) is 39.6 Å². The molecule has 0 amide bonds. The van der Waals surface area contributed by atoms with E-state index in [1.807, 2.05) is 11.4 Å². The molecule has 1 aliphatic rings. The van der Waals surface area contributed by atoms with Gasteiger partial charge in [0.2, 0.25) is 0 Å². The average molecular weight is 295 g/mol. The fourth-order valence-corrected chi connectivity index (χ4v) is 3.79.